The van der Waals surface area contributed by atoms with Crippen LogP contribution in [0.3, 0.4) is 0 Å². The quantitative estimate of drug-likeness (QED) is 0.692. The highest BCUT2D eigenvalue weighted by Crippen LogP contribution is 2.50. The van der Waals surface area contributed by atoms with Crippen LogP contribution >= 0.6 is 0 Å². The van der Waals surface area contributed by atoms with Crippen molar-refractivity contribution >= 4 is 0 Å². The van der Waals surface area contributed by atoms with Crippen LogP contribution in [0, 0.1) is 0 Å². The van der Waals surface area contributed by atoms with E-state index in [0.717, 1.165) is 6.42 Å². The number of aromatic amines is 1. The Morgan fingerprint density at radius 2 is 2.28 bits per heavy atom. The van der Waals surface area contributed by atoms with Crippen molar-refractivity contribution in [3.05, 3.63) is 33.1 Å². The van der Waals surface area contributed by atoms with E-state index < -0.39 is 23.1 Å². The van der Waals surface area contributed by atoms with Crippen LogP contribution in [0.2, 0.25) is 0 Å². The van der Waals surface area contributed by atoms with Gasteiger partial charge in [0.1, 0.15) is 17.8 Å². The van der Waals surface area contributed by atoms with E-state index in [0.29, 0.717) is 13.2 Å². The number of hydrogen-bond acceptors (Lipinski definition) is 5. The van der Waals surface area contributed by atoms with Gasteiger partial charge in [-0.1, -0.05) is 0 Å². The Kier molecular flexibility index (Phi) is 1.93. The molecule has 3 aliphatic rings. The first-order chi connectivity index (χ1) is 8.70. The third-order valence-corrected chi connectivity index (χ3v) is 3.92. The van der Waals surface area contributed by atoms with Crippen LogP contribution in [0.5, 0.6) is 0 Å². The summed E-state index contributed by atoms with van der Waals surface area (Å²) < 4.78 is 18.6. The number of nitrogens with zero attached hydrogens (tertiary/aromatic N) is 1. The van der Waals surface area contributed by atoms with Crippen molar-refractivity contribution in [1.29, 1.82) is 0 Å². The molecule has 0 saturated carbocycles. The Balaban J connectivity index is 1.76. The van der Waals surface area contributed by atoms with Gasteiger partial charge < -0.3 is 14.2 Å². The lowest BCUT2D eigenvalue weighted by molar-refractivity contribution is -0.173. The molecule has 0 unspecified atom stereocenters. The van der Waals surface area contributed by atoms with Gasteiger partial charge in [-0.3, -0.25) is 14.3 Å². The largest absolute Gasteiger partial charge is 0.372 e. The number of ether oxygens (including phenoxy) is 3. The van der Waals surface area contributed by atoms with Gasteiger partial charge in [-0.25, -0.2) is 4.79 Å². The number of H-pyrrole nitrogens is 1. The standard InChI is InChI=1S/C11H12N2O5/c14-6-1-3-13(10(15)12-6)9-7-8-11(18-9,5-17-7)2-4-16-8/h1,3,7-9H,2,4-5H2,(H,12,14,15)/t7-,8-,9-,11+/m1/s1. The molecule has 7 heteroatoms. The highest BCUT2D eigenvalue weighted by molar-refractivity contribution is 5.10. The van der Waals surface area contributed by atoms with Crippen LogP contribution in [0.4, 0.5) is 0 Å². The molecular formula is C11H12N2O5. The van der Waals surface area contributed by atoms with Gasteiger partial charge in [0.05, 0.1) is 13.2 Å². The van der Waals surface area contributed by atoms with E-state index in [1.54, 1.807) is 0 Å². The van der Waals surface area contributed by atoms with E-state index in [1.807, 2.05) is 0 Å². The Morgan fingerprint density at radius 3 is 3.06 bits per heavy atom. The maximum absolute atomic E-state index is 11.8. The maximum Gasteiger partial charge on any atom is 0.330 e. The number of aromatic nitrogens is 2. The summed E-state index contributed by atoms with van der Waals surface area (Å²) in [5.74, 6) is 0. The molecule has 0 aliphatic carbocycles. The first-order valence-electron chi connectivity index (χ1n) is 5.92. The second kappa shape index (κ2) is 3.31. The first kappa shape index (κ1) is 10.5. The van der Waals surface area contributed by atoms with E-state index in [4.69, 9.17) is 14.2 Å². The predicted octanol–water partition coefficient (Wildman–Crippen LogP) is -1.01. The normalized spacial score (nSPS) is 41.2. The molecule has 0 amide bonds. The van der Waals surface area contributed by atoms with Gasteiger partial charge in [-0.15, -0.1) is 0 Å². The molecule has 1 N–H and O–H groups in total. The average molecular weight is 252 g/mol. The van der Waals surface area contributed by atoms with Crippen molar-refractivity contribution in [3.8, 4) is 0 Å². The van der Waals surface area contributed by atoms with E-state index in [-0.39, 0.29) is 12.2 Å². The SMILES string of the molecule is O=c1ccn([C@@H]2O[C@]34CCO[C@@H]3[C@H]2OC4)c(=O)[nH]1. The molecule has 0 aromatic carbocycles. The molecule has 0 radical (unpaired) electrons. The molecule has 3 aliphatic heterocycles. The van der Waals surface area contributed by atoms with Gasteiger partial charge in [0.2, 0.25) is 0 Å². The minimum absolute atomic E-state index is 0.110. The maximum atomic E-state index is 11.8. The summed E-state index contributed by atoms with van der Waals surface area (Å²) in [6.45, 7) is 1.18. The summed E-state index contributed by atoms with van der Waals surface area (Å²) in [5.41, 5.74) is -1.32. The van der Waals surface area contributed by atoms with E-state index >= 15 is 0 Å². The molecule has 96 valence electrons. The van der Waals surface area contributed by atoms with Crippen molar-refractivity contribution in [2.45, 2.75) is 30.5 Å². The lowest BCUT2D eigenvalue weighted by Gasteiger charge is -2.29. The van der Waals surface area contributed by atoms with Crippen molar-refractivity contribution < 1.29 is 14.2 Å². The molecule has 3 saturated heterocycles. The molecular weight excluding hydrogens is 240 g/mol. The molecule has 4 atom stereocenters. The molecule has 4 heterocycles. The summed E-state index contributed by atoms with van der Waals surface area (Å²) in [4.78, 5) is 25.0. The Labute approximate surface area is 101 Å². The third-order valence-electron chi connectivity index (χ3n) is 3.92. The van der Waals surface area contributed by atoms with Gasteiger partial charge in [0, 0.05) is 18.7 Å². The summed E-state index contributed by atoms with van der Waals surface area (Å²) >= 11 is 0. The molecule has 3 fully saturated rings. The van der Waals surface area contributed by atoms with E-state index in [1.165, 1.54) is 16.8 Å². The second-order valence-corrected chi connectivity index (χ2v) is 4.91. The molecule has 18 heavy (non-hydrogen) atoms. The highest BCUT2D eigenvalue weighted by Gasteiger charge is 2.65. The number of nitrogens with one attached hydrogen (secondary N) is 1. The minimum Gasteiger partial charge on any atom is -0.372 e. The van der Waals surface area contributed by atoms with Crippen LogP contribution in [-0.4, -0.2) is 40.6 Å². The van der Waals surface area contributed by atoms with Gasteiger partial charge in [-0.2, -0.15) is 0 Å². The van der Waals surface area contributed by atoms with Crippen molar-refractivity contribution in [2.24, 2.45) is 0 Å². The average Bonchev–Trinajstić information content (AvgIpc) is 2.92. The minimum atomic E-state index is -0.520. The second-order valence-electron chi connectivity index (χ2n) is 4.91. The third kappa shape index (κ3) is 1.18. The van der Waals surface area contributed by atoms with Gasteiger partial charge in [-0.05, 0) is 0 Å². The van der Waals surface area contributed by atoms with Crippen molar-refractivity contribution in [3.63, 3.8) is 0 Å². The highest BCUT2D eigenvalue weighted by atomic mass is 16.7. The lowest BCUT2D eigenvalue weighted by Crippen LogP contribution is -2.40. The molecule has 1 aromatic heterocycles. The van der Waals surface area contributed by atoms with Crippen LogP contribution in [-0.2, 0) is 14.2 Å². The zero-order valence-corrected chi connectivity index (χ0v) is 9.50. The fourth-order valence-electron chi connectivity index (χ4n) is 3.07. The number of rotatable bonds is 1. The molecule has 0 spiro atoms. The smallest absolute Gasteiger partial charge is 0.330 e. The molecule has 2 bridgehead atoms. The fourth-order valence-corrected chi connectivity index (χ4v) is 3.07. The summed E-state index contributed by atoms with van der Waals surface area (Å²) in [6, 6.07) is 1.30. The lowest BCUT2D eigenvalue weighted by atomic mass is 9.99. The van der Waals surface area contributed by atoms with Crippen molar-refractivity contribution in [2.75, 3.05) is 13.2 Å². The van der Waals surface area contributed by atoms with Gasteiger partial charge >= 0.3 is 5.69 Å². The summed E-state index contributed by atoms with van der Waals surface area (Å²) in [7, 11) is 0. The fraction of sp³-hybridized carbons (Fsp3) is 0.636. The van der Waals surface area contributed by atoms with Crippen molar-refractivity contribution in [1.82, 2.24) is 9.55 Å². The molecule has 7 nitrogen and oxygen atoms in total. The summed E-state index contributed by atoms with van der Waals surface area (Å²) in [6.07, 6.45) is 1.30. The van der Waals surface area contributed by atoms with E-state index in [2.05, 4.69) is 4.98 Å². The van der Waals surface area contributed by atoms with Crippen LogP contribution in [0.25, 0.3) is 0 Å². The predicted molar refractivity (Wildman–Crippen MR) is 58.3 cm³/mol. The number of hydrogen-bond donors (Lipinski definition) is 1. The van der Waals surface area contributed by atoms with E-state index in [9.17, 15) is 9.59 Å². The Hall–Kier alpha value is -1.44. The van der Waals surface area contributed by atoms with Gasteiger partial charge in [0.25, 0.3) is 5.56 Å². The van der Waals surface area contributed by atoms with Crippen LogP contribution < -0.4 is 11.2 Å². The Morgan fingerprint density at radius 1 is 1.39 bits per heavy atom. The van der Waals surface area contributed by atoms with Crippen LogP contribution in [0.15, 0.2) is 21.9 Å². The first-order valence-corrected chi connectivity index (χ1v) is 5.92. The zero-order chi connectivity index (χ0) is 12.3. The molecule has 4 rings (SSSR count). The zero-order valence-electron chi connectivity index (χ0n) is 9.50. The Bertz CT molecular complexity index is 604. The van der Waals surface area contributed by atoms with Gasteiger partial charge in [0.15, 0.2) is 6.23 Å². The van der Waals surface area contributed by atoms with Crippen LogP contribution in [0.1, 0.15) is 12.6 Å². The summed E-state index contributed by atoms with van der Waals surface area (Å²) in [5, 5.41) is 0. The monoisotopic (exact) mass is 252 g/mol. The topological polar surface area (TPSA) is 82.5 Å². The molecule has 1 aromatic rings.